The lowest BCUT2D eigenvalue weighted by Crippen LogP contribution is -2.03. The van der Waals surface area contributed by atoms with Crippen molar-refractivity contribution in [1.29, 1.82) is 0 Å². The van der Waals surface area contributed by atoms with Crippen LogP contribution in [-0.2, 0) is 6.42 Å². The number of benzene rings is 3. The molecular formula is C23H17N3O3. The monoisotopic (exact) mass is 383 g/mol. The molecule has 1 aliphatic heterocycles. The fraction of sp³-hybridized carbons (Fsp3) is 0.0870. The first kappa shape index (κ1) is 17.2. The fourth-order valence-electron chi connectivity index (χ4n) is 3.52. The molecule has 0 saturated heterocycles. The van der Waals surface area contributed by atoms with Crippen LogP contribution in [0, 0.1) is 0 Å². The SMILES string of the molecule is O=C(O)c1cccc(-c2ncn(-c3ccc(C4Cc5ccccc5O4)cc3)n2)c1. The summed E-state index contributed by atoms with van der Waals surface area (Å²) in [6.45, 7) is 0. The summed E-state index contributed by atoms with van der Waals surface area (Å²) >= 11 is 0. The zero-order chi connectivity index (χ0) is 19.8. The summed E-state index contributed by atoms with van der Waals surface area (Å²) in [5.41, 5.74) is 4.08. The largest absolute Gasteiger partial charge is 0.485 e. The summed E-state index contributed by atoms with van der Waals surface area (Å²) in [4.78, 5) is 15.5. The molecule has 0 radical (unpaired) electrons. The van der Waals surface area contributed by atoms with E-state index < -0.39 is 5.97 Å². The number of hydrogen-bond acceptors (Lipinski definition) is 4. The van der Waals surface area contributed by atoms with Crippen molar-refractivity contribution in [3.63, 3.8) is 0 Å². The van der Waals surface area contributed by atoms with Crippen molar-refractivity contribution in [2.24, 2.45) is 0 Å². The molecule has 1 aromatic heterocycles. The summed E-state index contributed by atoms with van der Waals surface area (Å²) in [6, 6.07) is 22.8. The Morgan fingerprint density at radius 2 is 1.86 bits per heavy atom. The number of hydrogen-bond donors (Lipinski definition) is 1. The Labute approximate surface area is 167 Å². The molecule has 0 fully saturated rings. The highest BCUT2D eigenvalue weighted by atomic mass is 16.5. The minimum atomic E-state index is -0.974. The zero-order valence-corrected chi connectivity index (χ0v) is 15.4. The molecule has 0 spiro atoms. The van der Waals surface area contributed by atoms with Crippen LogP contribution in [0.25, 0.3) is 17.1 Å². The Morgan fingerprint density at radius 3 is 2.66 bits per heavy atom. The van der Waals surface area contributed by atoms with E-state index in [0.717, 1.165) is 23.4 Å². The molecule has 2 heterocycles. The Morgan fingerprint density at radius 1 is 1.03 bits per heavy atom. The lowest BCUT2D eigenvalue weighted by atomic mass is 10.0. The van der Waals surface area contributed by atoms with Crippen molar-refractivity contribution < 1.29 is 14.6 Å². The van der Waals surface area contributed by atoms with Gasteiger partial charge in [-0.05, 0) is 41.5 Å². The number of carbonyl (C=O) groups is 1. The van der Waals surface area contributed by atoms with Gasteiger partial charge in [-0.1, -0.05) is 42.5 Å². The van der Waals surface area contributed by atoms with Gasteiger partial charge in [0, 0.05) is 12.0 Å². The van der Waals surface area contributed by atoms with Gasteiger partial charge in [-0.25, -0.2) is 14.5 Å². The van der Waals surface area contributed by atoms with Crippen LogP contribution in [0.4, 0.5) is 0 Å². The third-order valence-electron chi connectivity index (χ3n) is 5.04. The number of aromatic nitrogens is 3. The minimum absolute atomic E-state index is 0.0199. The summed E-state index contributed by atoms with van der Waals surface area (Å²) in [7, 11) is 0. The second-order valence-electron chi connectivity index (χ2n) is 6.91. The van der Waals surface area contributed by atoms with Crippen molar-refractivity contribution in [1.82, 2.24) is 14.8 Å². The average molecular weight is 383 g/mol. The first-order valence-electron chi connectivity index (χ1n) is 9.28. The zero-order valence-electron chi connectivity index (χ0n) is 15.4. The summed E-state index contributed by atoms with van der Waals surface area (Å²) in [6.07, 6.45) is 2.51. The van der Waals surface area contributed by atoms with Gasteiger partial charge in [-0.15, -0.1) is 5.10 Å². The van der Waals surface area contributed by atoms with E-state index in [0.29, 0.717) is 11.4 Å². The topological polar surface area (TPSA) is 77.2 Å². The van der Waals surface area contributed by atoms with Crippen molar-refractivity contribution in [3.8, 4) is 22.8 Å². The van der Waals surface area contributed by atoms with E-state index in [1.807, 2.05) is 42.5 Å². The molecule has 142 valence electrons. The molecule has 0 aliphatic carbocycles. The number of carboxylic acids is 1. The van der Waals surface area contributed by atoms with Crippen LogP contribution in [0.2, 0.25) is 0 Å². The van der Waals surface area contributed by atoms with Crippen LogP contribution in [0.5, 0.6) is 5.75 Å². The van der Waals surface area contributed by atoms with Gasteiger partial charge in [0.2, 0.25) is 0 Å². The van der Waals surface area contributed by atoms with Gasteiger partial charge in [0.15, 0.2) is 5.82 Å². The Hall–Kier alpha value is -3.93. The van der Waals surface area contributed by atoms with Gasteiger partial charge < -0.3 is 9.84 Å². The van der Waals surface area contributed by atoms with Crippen LogP contribution in [0.1, 0.15) is 27.6 Å². The first-order valence-corrected chi connectivity index (χ1v) is 9.28. The first-order chi connectivity index (χ1) is 14.2. The Bertz CT molecular complexity index is 1170. The fourth-order valence-corrected chi connectivity index (χ4v) is 3.52. The number of rotatable bonds is 4. The second-order valence-corrected chi connectivity index (χ2v) is 6.91. The Balaban J connectivity index is 1.36. The van der Waals surface area contributed by atoms with Crippen LogP contribution >= 0.6 is 0 Å². The van der Waals surface area contributed by atoms with E-state index in [4.69, 9.17) is 9.84 Å². The van der Waals surface area contributed by atoms with E-state index in [-0.39, 0.29) is 11.7 Å². The molecule has 0 bridgehead atoms. The number of fused-ring (bicyclic) bond motifs is 1. The number of carboxylic acid groups (broad SMARTS) is 1. The predicted octanol–water partition coefficient (Wildman–Crippen LogP) is 4.31. The van der Waals surface area contributed by atoms with Gasteiger partial charge in [0.25, 0.3) is 0 Å². The quantitative estimate of drug-likeness (QED) is 0.568. The van der Waals surface area contributed by atoms with Crippen molar-refractivity contribution >= 4 is 5.97 Å². The van der Waals surface area contributed by atoms with Crippen LogP contribution in [-0.4, -0.2) is 25.8 Å². The highest BCUT2D eigenvalue weighted by Gasteiger charge is 2.23. The standard InChI is InChI=1S/C23H17N3O3/c27-23(28)18-6-3-5-17(12-18)22-24-14-26(25-22)19-10-8-15(9-11-19)21-13-16-4-1-2-7-20(16)29-21/h1-12,14,21H,13H2,(H,27,28). The van der Waals surface area contributed by atoms with Gasteiger partial charge in [0.1, 0.15) is 18.2 Å². The maximum atomic E-state index is 11.2. The minimum Gasteiger partial charge on any atom is -0.485 e. The predicted molar refractivity (Wildman–Crippen MR) is 107 cm³/mol. The lowest BCUT2D eigenvalue weighted by Gasteiger charge is -2.11. The molecule has 6 heteroatoms. The van der Waals surface area contributed by atoms with Crippen LogP contribution in [0.15, 0.2) is 79.1 Å². The van der Waals surface area contributed by atoms with Crippen molar-refractivity contribution in [2.75, 3.05) is 0 Å². The molecule has 1 aliphatic rings. The summed E-state index contributed by atoms with van der Waals surface area (Å²) < 4.78 is 7.73. The van der Waals surface area contributed by atoms with Gasteiger partial charge >= 0.3 is 5.97 Å². The Kier molecular flexibility index (Phi) is 4.09. The third-order valence-corrected chi connectivity index (χ3v) is 5.04. The van der Waals surface area contributed by atoms with Gasteiger partial charge in [0.05, 0.1) is 11.3 Å². The normalized spacial score (nSPS) is 15.0. The molecule has 1 unspecified atom stereocenters. The molecule has 5 rings (SSSR count). The van der Waals surface area contributed by atoms with Gasteiger partial charge in [-0.2, -0.15) is 0 Å². The molecule has 1 atom stereocenters. The highest BCUT2D eigenvalue weighted by molar-refractivity contribution is 5.89. The summed E-state index contributed by atoms with van der Waals surface area (Å²) in [5.74, 6) is 0.455. The molecule has 6 nitrogen and oxygen atoms in total. The third kappa shape index (κ3) is 3.25. The van der Waals surface area contributed by atoms with Crippen molar-refractivity contribution in [2.45, 2.75) is 12.5 Å². The number of para-hydroxylation sites is 1. The molecule has 0 saturated carbocycles. The lowest BCUT2D eigenvalue weighted by molar-refractivity contribution is 0.0697. The van der Waals surface area contributed by atoms with Crippen LogP contribution in [0.3, 0.4) is 0 Å². The molecular weight excluding hydrogens is 366 g/mol. The van der Waals surface area contributed by atoms with Crippen LogP contribution < -0.4 is 4.74 Å². The van der Waals surface area contributed by atoms with E-state index in [1.54, 1.807) is 35.3 Å². The van der Waals surface area contributed by atoms with Gasteiger partial charge in [-0.3, -0.25) is 0 Å². The van der Waals surface area contributed by atoms with E-state index in [2.05, 4.69) is 16.1 Å². The maximum absolute atomic E-state index is 11.2. The molecule has 1 N–H and O–H groups in total. The number of nitrogens with zero attached hydrogens (tertiary/aromatic N) is 3. The number of ether oxygens (including phenoxy) is 1. The van der Waals surface area contributed by atoms with Crippen molar-refractivity contribution in [3.05, 3.63) is 95.8 Å². The average Bonchev–Trinajstić information content (AvgIpc) is 3.41. The smallest absolute Gasteiger partial charge is 0.335 e. The summed E-state index contributed by atoms with van der Waals surface area (Å²) in [5, 5.41) is 13.6. The molecule has 3 aromatic carbocycles. The highest BCUT2D eigenvalue weighted by Crippen LogP contribution is 2.36. The molecule has 29 heavy (non-hydrogen) atoms. The van der Waals surface area contributed by atoms with E-state index >= 15 is 0 Å². The number of aromatic carboxylic acids is 1. The molecule has 0 amide bonds. The van der Waals surface area contributed by atoms with E-state index in [9.17, 15) is 4.79 Å². The maximum Gasteiger partial charge on any atom is 0.335 e. The molecule has 4 aromatic rings. The van der Waals surface area contributed by atoms with E-state index in [1.165, 1.54) is 5.56 Å². The second kappa shape index (κ2) is 6.91.